The second-order valence-corrected chi connectivity index (χ2v) is 11.6. The second kappa shape index (κ2) is 13.7. The maximum absolute atomic E-state index is 13.9. The molecule has 0 bridgehead atoms. The van der Waals surface area contributed by atoms with Crippen LogP contribution in [0, 0.1) is 18.6 Å². The minimum absolute atomic E-state index is 0.0169. The largest absolute Gasteiger partial charge is 0.431 e. The molecule has 222 valence electrons. The standard InChI is InChI=1S/C30H32F2N4O5S/c1-3-20-5-4-6-21(11-20)16-33-17-28(37)26(14-22-12-23(31)15-24(32)13-22)34-29(38)27-18-41-30(35-27)36-42(39,40)25-9-7-19(2)8-10-25/h4-13,15,18,26,28,33,37H,3,14,16-17H2,1-2H3,(H,34,38)(H,35,36)/t26-,28-/m0/s1. The number of hydrogen-bond acceptors (Lipinski definition) is 7. The molecular formula is C30H32F2N4O5S. The molecule has 3 aromatic carbocycles. The summed E-state index contributed by atoms with van der Waals surface area (Å²) in [6.07, 6.45) is 0.582. The number of nitrogens with zero attached hydrogens (tertiary/aromatic N) is 1. The van der Waals surface area contributed by atoms with Gasteiger partial charge in [-0.05, 0) is 60.7 Å². The van der Waals surface area contributed by atoms with Gasteiger partial charge in [0, 0.05) is 19.2 Å². The number of carbonyl (C=O) groups is 1. The summed E-state index contributed by atoms with van der Waals surface area (Å²) in [5, 5.41) is 16.8. The fourth-order valence-corrected chi connectivity index (χ4v) is 5.23. The number of aliphatic hydroxyl groups excluding tert-OH is 1. The number of hydrogen-bond donors (Lipinski definition) is 4. The van der Waals surface area contributed by atoms with Crippen LogP contribution in [0.1, 0.15) is 39.7 Å². The van der Waals surface area contributed by atoms with E-state index in [1.54, 1.807) is 12.1 Å². The molecule has 0 spiro atoms. The van der Waals surface area contributed by atoms with Gasteiger partial charge in [0.15, 0.2) is 5.69 Å². The predicted molar refractivity (Wildman–Crippen MR) is 153 cm³/mol. The zero-order valence-corrected chi connectivity index (χ0v) is 23.9. The van der Waals surface area contributed by atoms with E-state index in [0.717, 1.165) is 42.0 Å². The molecule has 1 amide bonds. The lowest BCUT2D eigenvalue weighted by Gasteiger charge is -2.24. The summed E-state index contributed by atoms with van der Waals surface area (Å²) in [7, 11) is -4.02. The van der Waals surface area contributed by atoms with E-state index in [1.807, 2.05) is 31.2 Å². The molecule has 1 aromatic heterocycles. The van der Waals surface area contributed by atoms with Crippen molar-refractivity contribution in [3.05, 3.63) is 113 Å². The number of oxazole rings is 1. The van der Waals surface area contributed by atoms with Gasteiger partial charge < -0.3 is 20.2 Å². The van der Waals surface area contributed by atoms with Crippen LogP contribution in [0.25, 0.3) is 0 Å². The van der Waals surface area contributed by atoms with Crippen LogP contribution in [0.3, 0.4) is 0 Å². The van der Waals surface area contributed by atoms with E-state index in [1.165, 1.54) is 17.7 Å². The lowest BCUT2D eigenvalue weighted by Crippen LogP contribution is -2.48. The maximum Gasteiger partial charge on any atom is 0.309 e. The Labute approximate surface area is 243 Å². The third-order valence-electron chi connectivity index (χ3n) is 6.53. The van der Waals surface area contributed by atoms with Crippen LogP contribution in [0.5, 0.6) is 0 Å². The molecule has 1 heterocycles. The molecule has 0 saturated carbocycles. The zero-order chi connectivity index (χ0) is 30.3. The average molecular weight is 599 g/mol. The Hall–Kier alpha value is -4.13. The van der Waals surface area contributed by atoms with Crippen LogP contribution in [0.2, 0.25) is 0 Å². The van der Waals surface area contributed by atoms with Crippen molar-refractivity contribution in [2.75, 3.05) is 11.3 Å². The highest BCUT2D eigenvalue weighted by molar-refractivity contribution is 7.92. The van der Waals surface area contributed by atoms with Crippen LogP contribution in [0.15, 0.2) is 82.3 Å². The highest BCUT2D eigenvalue weighted by atomic mass is 32.2. The molecule has 0 fully saturated rings. The molecule has 0 unspecified atom stereocenters. The molecule has 12 heteroatoms. The van der Waals surface area contributed by atoms with E-state index in [9.17, 15) is 27.1 Å². The SMILES string of the molecule is CCc1cccc(CNC[C@H](O)[C@H](Cc2cc(F)cc(F)c2)NC(=O)c2coc(NS(=O)(=O)c3ccc(C)cc3)n2)c1. The zero-order valence-electron chi connectivity index (χ0n) is 23.1. The first-order valence-electron chi connectivity index (χ1n) is 13.3. The summed E-state index contributed by atoms with van der Waals surface area (Å²) in [5.74, 6) is -2.36. The van der Waals surface area contributed by atoms with Crippen molar-refractivity contribution in [2.45, 2.75) is 50.3 Å². The Morgan fingerprint density at radius 3 is 2.38 bits per heavy atom. The van der Waals surface area contributed by atoms with Gasteiger partial charge in [-0.15, -0.1) is 0 Å². The fraction of sp³-hybridized carbons (Fsp3) is 0.267. The lowest BCUT2D eigenvalue weighted by molar-refractivity contribution is 0.0825. The van der Waals surface area contributed by atoms with Gasteiger partial charge in [0.2, 0.25) is 0 Å². The summed E-state index contributed by atoms with van der Waals surface area (Å²) in [5.41, 5.74) is 3.02. The first kappa shape index (κ1) is 30.8. The van der Waals surface area contributed by atoms with E-state index in [2.05, 4.69) is 27.3 Å². The number of rotatable bonds is 13. The van der Waals surface area contributed by atoms with Crippen LogP contribution in [0.4, 0.5) is 14.8 Å². The Bertz CT molecular complexity index is 1610. The van der Waals surface area contributed by atoms with Crippen molar-refractivity contribution < 1.29 is 31.5 Å². The average Bonchev–Trinajstić information content (AvgIpc) is 3.40. The normalized spacial score (nSPS) is 13.0. The number of aryl methyl sites for hydroxylation is 2. The van der Waals surface area contributed by atoms with E-state index >= 15 is 0 Å². The van der Waals surface area contributed by atoms with Gasteiger partial charge in [-0.1, -0.05) is 48.9 Å². The van der Waals surface area contributed by atoms with Gasteiger partial charge in [0.05, 0.1) is 17.0 Å². The van der Waals surface area contributed by atoms with E-state index < -0.39 is 45.7 Å². The minimum Gasteiger partial charge on any atom is -0.431 e. The molecule has 4 aromatic rings. The van der Waals surface area contributed by atoms with Crippen molar-refractivity contribution in [1.29, 1.82) is 0 Å². The van der Waals surface area contributed by atoms with Gasteiger partial charge in [-0.2, -0.15) is 4.98 Å². The number of benzene rings is 3. The minimum atomic E-state index is -4.02. The Kier molecular flexibility index (Phi) is 10.0. The van der Waals surface area contributed by atoms with E-state index in [4.69, 9.17) is 4.42 Å². The predicted octanol–water partition coefficient (Wildman–Crippen LogP) is 4.12. The summed E-state index contributed by atoms with van der Waals surface area (Å²) in [4.78, 5) is 16.9. The van der Waals surface area contributed by atoms with Gasteiger partial charge in [0.1, 0.15) is 17.9 Å². The highest BCUT2D eigenvalue weighted by Crippen LogP contribution is 2.17. The number of amides is 1. The summed E-state index contributed by atoms with van der Waals surface area (Å²) < 4.78 is 60.3. The first-order valence-corrected chi connectivity index (χ1v) is 14.8. The molecule has 0 saturated heterocycles. The Balaban J connectivity index is 1.45. The van der Waals surface area contributed by atoms with E-state index in [-0.39, 0.29) is 29.1 Å². The molecule has 9 nitrogen and oxygen atoms in total. The third-order valence-corrected chi connectivity index (χ3v) is 7.87. The van der Waals surface area contributed by atoms with Gasteiger partial charge in [-0.25, -0.2) is 21.9 Å². The molecule has 0 aliphatic heterocycles. The molecule has 0 aliphatic rings. The Morgan fingerprint density at radius 2 is 1.69 bits per heavy atom. The smallest absolute Gasteiger partial charge is 0.309 e. The van der Waals surface area contributed by atoms with Crippen LogP contribution < -0.4 is 15.4 Å². The fourth-order valence-electron chi connectivity index (χ4n) is 4.29. The number of aromatic nitrogens is 1. The van der Waals surface area contributed by atoms with Gasteiger partial charge >= 0.3 is 6.01 Å². The quantitative estimate of drug-likeness (QED) is 0.182. The number of anilines is 1. The molecule has 42 heavy (non-hydrogen) atoms. The number of nitrogens with one attached hydrogen (secondary N) is 3. The number of halogens is 2. The van der Waals surface area contributed by atoms with Crippen molar-refractivity contribution in [3.8, 4) is 0 Å². The number of sulfonamides is 1. The molecule has 4 rings (SSSR count). The molecule has 0 radical (unpaired) electrons. The third kappa shape index (κ3) is 8.44. The van der Waals surface area contributed by atoms with Crippen LogP contribution in [-0.4, -0.2) is 43.1 Å². The van der Waals surface area contributed by atoms with Gasteiger partial charge in [-0.3, -0.25) is 4.79 Å². The first-order chi connectivity index (χ1) is 20.0. The summed E-state index contributed by atoms with van der Waals surface area (Å²) in [6.45, 7) is 4.38. The Morgan fingerprint density at radius 1 is 1.00 bits per heavy atom. The monoisotopic (exact) mass is 598 g/mol. The molecule has 2 atom stereocenters. The molecule has 4 N–H and O–H groups in total. The number of aliphatic hydroxyl groups is 1. The topological polar surface area (TPSA) is 134 Å². The van der Waals surface area contributed by atoms with Crippen molar-refractivity contribution in [2.24, 2.45) is 0 Å². The molecular weight excluding hydrogens is 566 g/mol. The van der Waals surface area contributed by atoms with Crippen molar-refractivity contribution in [1.82, 2.24) is 15.6 Å². The maximum atomic E-state index is 13.9. The van der Waals surface area contributed by atoms with Crippen LogP contribution in [-0.2, 0) is 29.4 Å². The number of carbonyl (C=O) groups excluding carboxylic acids is 1. The second-order valence-electron chi connectivity index (χ2n) is 9.89. The highest BCUT2D eigenvalue weighted by Gasteiger charge is 2.25. The summed E-state index contributed by atoms with van der Waals surface area (Å²) >= 11 is 0. The van der Waals surface area contributed by atoms with Crippen molar-refractivity contribution in [3.63, 3.8) is 0 Å². The van der Waals surface area contributed by atoms with Gasteiger partial charge in [0.25, 0.3) is 15.9 Å². The van der Waals surface area contributed by atoms with E-state index in [0.29, 0.717) is 6.54 Å². The van der Waals surface area contributed by atoms with Crippen LogP contribution >= 0.6 is 0 Å². The summed E-state index contributed by atoms with van der Waals surface area (Å²) in [6, 6.07) is 15.6. The molecule has 0 aliphatic carbocycles. The lowest BCUT2D eigenvalue weighted by atomic mass is 10.00. The van der Waals surface area contributed by atoms with Crippen molar-refractivity contribution >= 4 is 21.9 Å².